The van der Waals surface area contributed by atoms with Crippen LogP contribution in [0.25, 0.3) is 0 Å². The summed E-state index contributed by atoms with van der Waals surface area (Å²) < 4.78 is 22.1. The van der Waals surface area contributed by atoms with Crippen LogP contribution in [0.2, 0.25) is 0 Å². The third kappa shape index (κ3) is 4.24. The van der Waals surface area contributed by atoms with E-state index in [-0.39, 0.29) is 11.6 Å². The van der Waals surface area contributed by atoms with Gasteiger partial charge in [0.15, 0.2) is 9.84 Å². The molecule has 2 N–H and O–H groups in total. The quantitative estimate of drug-likeness (QED) is 0.815. The molecule has 0 saturated heterocycles. The van der Waals surface area contributed by atoms with E-state index in [2.05, 4.69) is 9.97 Å². The number of nitrogens with zero attached hydrogens (tertiary/aromatic N) is 2. The second-order valence-corrected chi connectivity index (χ2v) is 5.66. The predicted molar refractivity (Wildman–Crippen MR) is 59.0 cm³/mol. The lowest BCUT2D eigenvalue weighted by atomic mass is 10.2. The summed E-state index contributed by atoms with van der Waals surface area (Å²) in [4.78, 5) is 8.03. The molecule has 0 radical (unpaired) electrons. The number of aromatic nitrogens is 2. The van der Waals surface area contributed by atoms with Gasteiger partial charge < -0.3 is 5.73 Å². The van der Waals surface area contributed by atoms with E-state index in [0.29, 0.717) is 5.82 Å². The molecule has 6 heteroatoms. The van der Waals surface area contributed by atoms with Crippen LogP contribution in [0.15, 0.2) is 6.07 Å². The van der Waals surface area contributed by atoms with Gasteiger partial charge in [-0.25, -0.2) is 18.4 Å². The van der Waals surface area contributed by atoms with Gasteiger partial charge in [0.05, 0.1) is 0 Å². The van der Waals surface area contributed by atoms with Crippen LogP contribution in [0, 0.1) is 0 Å². The Balaban J connectivity index is 2.98. The van der Waals surface area contributed by atoms with Gasteiger partial charge in [-0.2, -0.15) is 0 Å². The third-order valence-corrected chi connectivity index (χ3v) is 2.53. The van der Waals surface area contributed by atoms with Crippen molar-refractivity contribution in [1.82, 2.24) is 9.97 Å². The van der Waals surface area contributed by atoms with Gasteiger partial charge in [0.2, 0.25) is 0 Å². The number of hydrogen-bond acceptors (Lipinski definition) is 5. The molecule has 0 atom stereocenters. The topological polar surface area (TPSA) is 85.9 Å². The summed E-state index contributed by atoms with van der Waals surface area (Å²) in [5.74, 6) is 0.447. The highest BCUT2D eigenvalue weighted by molar-refractivity contribution is 7.89. The Hall–Kier alpha value is -1.17. The fraction of sp³-hybridized carbons (Fsp3) is 0.556. The summed E-state index contributed by atoms with van der Waals surface area (Å²) in [6.07, 6.45) is 2.87. The van der Waals surface area contributed by atoms with Crippen LogP contribution in [0.5, 0.6) is 0 Å². The van der Waals surface area contributed by atoms with E-state index >= 15 is 0 Å². The summed E-state index contributed by atoms with van der Waals surface area (Å²) in [5.41, 5.74) is 6.36. The van der Waals surface area contributed by atoms with Crippen molar-refractivity contribution in [3.8, 4) is 0 Å². The average molecular weight is 229 g/mol. The van der Waals surface area contributed by atoms with Crippen molar-refractivity contribution >= 4 is 15.7 Å². The molecule has 0 saturated carbocycles. The van der Waals surface area contributed by atoms with Crippen LogP contribution < -0.4 is 5.73 Å². The highest BCUT2D eigenvalue weighted by Crippen LogP contribution is 2.07. The lowest BCUT2D eigenvalue weighted by Gasteiger charge is -2.03. The van der Waals surface area contributed by atoms with Gasteiger partial charge in [-0.15, -0.1) is 0 Å². The monoisotopic (exact) mass is 229 g/mol. The molecular formula is C9H15N3O2S. The number of hydrogen-bond donors (Lipinski definition) is 1. The first-order valence-electron chi connectivity index (χ1n) is 4.70. The predicted octanol–water partition coefficient (Wildman–Crippen LogP) is 0.556. The molecule has 5 nitrogen and oxygen atoms in total. The van der Waals surface area contributed by atoms with Gasteiger partial charge in [0.1, 0.15) is 17.4 Å². The molecule has 1 aromatic heterocycles. The van der Waals surface area contributed by atoms with Crippen molar-refractivity contribution in [2.75, 3.05) is 12.0 Å². The van der Waals surface area contributed by atoms with Crippen molar-refractivity contribution in [2.45, 2.75) is 25.5 Å². The van der Waals surface area contributed by atoms with Gasteiger partial charge in [-0.05, 0) is 6.42 Å². The molecule has 1 heterocycles. The van der Waals surface area contributed by atoms with Crippen LogP contribution in [-0.4, -0.2) is 24.6 Å². The Morgan fingerprint density at radius 2 is 2.07 bits per heavy atom. The molecule has 15 heavy (non-hydrogen) atoms. The fourth-order valence-corrected chi connectivity index (χ4v) is 1.86. The average Bonchev–Trinajstić information content (AvgIpc) is 1.99. The molecule has 0 amide bonds. The second kappa shape index (κ2) is 4.57. The van der Waals surface area contributed by atoms with E-state index < -0.39 is 9.84 Å². The van der Waals surface area contributed by atoms with Crippen molar-refractivity contribution in [3.05, 3.63) is 17.6 Å². The minimum Gasteiger partial charge on any atom is -0.384 e. The largest absolute Gasteiger partial charge is 0.384 e. The van der Waals surface area contributed by atoms with E-state index in [4.69, 9.17) is 5.73 Å². The highest BCUT2D eigenvalue weighted by atomic mass is 32.2. The Bertz CT molecular complexity index is 443. The van der Waals surface area contributed by atoms with E-state index in [1.807, 2.05) is 6.92 Å². The maximum Gasteiger partial charge on any atom is 0.154 e. The molecule has 1 rings (SSSR count). The van der Waals surface area contributed by atoms with E-state index in [1.165, 1.54) is 0 Å². The fourth-order valence-electron chi connectivity index (χ4n) is 1.26. The lowest BCUT2D eigenvalue weighted by Crippen LogP contribution is -2.08. The zero-order valence-corrected chi connectivity index (χ0v) is 9.71. The standard InChI is InChI=1S/C9H15N3O2S/c1-3-4-7-5-8(10)12-9(11-7)6-15(2,13)14/h5H,3-4,6H2,1-2H3,(H2,10,11,12). The van der Waals surface area contributed by atoms with Crippen LogP contribution in [-0.2, 0) is 22.0 Å². The molecule has 0 aliphatic heterocycles. The Kier molecular flexibility index (Phi) is 3.62. The van der Waals surface area contributed by atoms with Crippen LogP contribution in [0.1, 0.15) is 24.9 Å². The van der Waals surface area contributed by atoms with E-state index in [9.17, 15) is 8.42 Å². The number of aryl methyl sites for hydroxylation is 1. The molecule has 0 aliphatic rings. The minimum atomic E-state index is -3.11. The molecular weight excluding hydrogens is 214 g/mol. The summed E-state index contributed by atoms with van der Waals surface area (Å²) in [6.45, 7) is 2.02. The Labute approximate surface area is 89.7 Å². The first-order chi connectivity index (χ1) is 6.90. The Morgan fingerprint density at radius 3 is 2.60 bits per heavy atom. The first kappa shape index (κ1) is 11.9. The summed E-state index contributed by atoms with van der Waals surface area (Å²) in [7, 11) is -3.11. The molecule has 0 fully saturated rings. The van der Waals surface area contributed by atoms with Gasteiger partial charge in [0.25, 0.3) is 0 Å². The number of anilines is 1. The lowest BCUT2D eigenvalue weighted by molar-refractivity contribution is 0.599. The van der Waals surface area contributed by atoms with Gasteiger partial charge in [-0.1, -0.05) is 13.3 Å². The zero-order valence-electron chi connectivity index (χ0n) is 8.90. The smallest absolute Gasteiger partial charge is 0.154 e. The highest BCUT2D eigenvalue weighted by Gasteiger charge is 2.09. The van der Waals surface area contributed by atoms with Crippen LogP contribution in [0.4, 0.5) is 5.82 Å². The first-order valence-corrected chi connectivity index (χ1v) is 6.77. The Morgan fingerprint density at radius 1 is 1.40 bits per heavy atom. The van der Waals surface area contributed by atoms with Crippen molar-refractivity contribution in [2.24, 2.45) is 0 Å². The number of rotatable bonds is 4. The summed E-state index contributed by atoms with van der Waals surface area (Å²) in [6, 6.07) is 1.68. The molecule has 0 bridgehead atoms. The van der Waals surface area contributed by atoms with Crippen molar-refractivity contribution in [1.29, 1.82) is 0 Å². The normalized spacial score (nSPS) is 11.6. The van der Waals surface area contributed by atoms with Gasteiger partial charge in [-0.3, -0.25) is 0 Å². The molecule has 1 aromatic rings. The minimum absolute atomic E-state index is 0.158. The molecule has 0 aliphatic carbocycles. The number of nitrogen functional groups attached to an aromatic ring is 1. The van der Waals surface area contributed by atoms with Gasteiger partial charge >= 0.3 is 0 Å². The van der Waals surface area contributed by atoms with Crippen molar-refractivity contribution < 1.29 is 8.42 Å². The molecule has 84 valence electrons. The summed E-state index contributed by atoms with van der Waals surface area (Å²) in [5, 5.41) is 0. The second-order valence-electron chi connectivity index (χ2n) is 3.52. The molecule has 0 spiro atoms. The van der Waals surface area contributed by atoms with E-state index in [1.54, 1.807) is 6.07 Å². The summed E-state index contributed by atoms with van der Waals surface area (Å²) >= 11 is 0. The van der Waals surface area contributed by atoms with E-state index in [0.717, 1.165) is 24.8 Å². The number of sulfone groups is 1. The van der Waals surface area contributed by atoms with Gasteiger partial charge in [0, 0.05) is 18.0 Å². The maximum absolute atomic E-state index is 11.1. The molecule has 0 aromatic carbocycles. The SMILES string of the molecule is CCCc1cc(N)nc(CS(C)(=O)=O)n1. The zero-order chi connectivity index (χ0) is 11.5. The number of nitrogens with two attached hydrogens (primary N) is 1. The van der Waals surface area contributed by atoms with Crippen LogP contribution >= 0.6 is 0 Å². The maximum atomic E-state index is 11.1. The van der Waals surface area contributed by atoms with Crippen LogP contribution in [0.3, 0.4) is 0 Å². The van der Waals surface area contributed by atoms with Crippen molar-refractivity contribution in [3.63, 3.8) is 0 Å². The third-order valence-electron chi connectivity index (χ3n) is 1.74. The molecule has 0 unspecified atom stereocenters.